The third kappa shape index (κ3) is 5.94. The second-order valence-electron chi connectivity index (χ2n) is 8.49. The number of carbonyl (C=O) groups is 1. The number of nitrogens with one attached hydrogen (secondary N) is 2. The highest BCUT2D eigenvalue weighted by molar-refractivity contribution is 6.30. The highest BCUT2D eigenvalue weighted by atomic mass is 35.5. The number of fused-ring (bicyclic) bond motifs is 1. The zero-order chi connectivity index (χ0) is 25.7. The molecule has 0 atom stereocenters. The Balaban J connectivity index is 1.67. The van der Waals surface area contributed by atoms with E-state index in [1.807, 2.05) is 45.4 Å². The van der Waals surface area contributed by atoms with Gasteiger partial charge in [-0.1, -0.05) is 18.2 Å². The Morgan fingerprint density at radius 2 is 1.86 bits per heavy atom. The van der Waals surface area contributed by atoms with E-state index in [4.69, 9.17) is 16.6 Å². The van der Waals surface area contributed by atoms with Crippen LogP contribution in [-0.4, -0.2) is 65.0 Å². The van der Waals surface area contributed by atoms with Gasteiger partial charge in [0.1, 0.15) is 0 Å². The van der Waals surface area contributed by atoms with Crippen molar-refractivity contribution in [3.8, 4) is 11.1 Å². The summed E-state index contributed by atoms with van der Waals surface area (Å²) in [5.74, 6) is 0.114. The van der Waals surface area contributed by atoms with Gasteiger partial charge >= 0.3 is 0 Å². The minimum atomic E-state index is -0.288. The van der Waals surface area contributed by atoms with Gasteiger partial charge in [0.15, 0.2) is 0 Å². The lowest BCUT2D eigenvalue weighted by molar-refractivity contribution is -0.111. The molecule has 2 N–H and O–H groups in total. The summed E-state index contributed by atoms with van der Waals surface area (Å²) < 4.78 is 0. The monoisotopic (exact) mass is 502 g/mol. The quantitative estimate of drug-likeness (QED) is 0.320. The first kappa shape index (κ1) is 25.0. The van der Waals surface area contributed by atoms with E-state index in [1.54, 1.807) is 31.0 Å². The van der Waals surface area contributed by atoms with Crippen molar-refractivity contribution in [1.82, 2.24) is 24.8 Å². The topological polar surface area (TPSA) is 99.2 Å². The predicted octanol–water partition coefficient (Wildman–Crippen LogP) is 4.61. The minimum absolute atomic E-state index is 0.288. The fraction of sp³-hybridized carbons (Fsp3) is 0.192. The first-order chi connectivity index (χ1) is 17.3. The van der Waals surface area contributed by atoms with Gasteiger partial charge in [0.25, 0.3) is 0 Å². The number of amides is 1. The molecule has 0 bridgehead atoms. The minimum Gasteiger partial charge on any atom is -0.372 e. The van der Waals surface area contributed by atoms with Crippen LogP contribution in [-0.2, 0) is 4.79 Å². The summed E-state index contributed by atoms with van der Waals surface area (Å²) in [6.07, 6.45) is 9.70. The van der Waals surface area contributed by atoms with Crippen LogP contribution in [0.25, 0.3) is 22.0 Å². The van der Waals surface area contributed by atoms with Gasteiger partial charge in [-0.05, 0) is 44.4 Å². The van der Waals surface area contributed by atoms with Crippen molar-refractivity contribution in [3.05, 3.63) is 72.9 Å². The first-order valence-electron chi connectivity index (χ1n) is 11.3. The number of anilines is 4. The van der Waals surface area contributed by atoms with E-state index in [0.717, 1.165) is 41.0 Å². The summed E-state index contributed by atoms with van der Waals surface area (Å²) >= 11 is 6.15. The normalized spacial score (nSPS) is 10.9. The van der Waals surface area contributed by atoms with Crippen molar-refractivity contribution in [2.45, 2.75) is 0 Å². The van der Waals surface area contributed by atoms with Gasteiger partial charge in [0.05, 0.1) is 21.9 Å². The molecule has 36 heavy (non-hydrogen) atoms. The number of aromatic nitrogens is 4. The molecule has 1 amide bonds. The predicted molar refractivity (Wildman–Crippen MR) is 146 cm³/mol. The summed E-state index contributed by atoms with van der Waals surface area (Å²) in [5, 5.41) is 7.46. The van der Waals surface area contributed by atoms with Crippen LogP contribution in [0.5, 0.6) is 0 Å². The number of halogens is 1. The van der Waals surface area contributed by atoms with E-state index in [-0.39, 0.29) is 5.91 Å². The Labute approximate surface area is 214 Å². The van der Waals surface area contributed by atoms with Crippen LogP contribution in [0.15, 0.2) is 67.9 Å². The third-order valence-electron chi connectivity index (χ3n) is 5.50. The number of hydrogen-bond donors (Lipinski definition) is 2. The summed E-state index contributed by atoms with van der Waals surface area (Å²) in [7, 11) is 6.03. The molecule has 0 aliphatic rings. The van der Waals surface area contributed by atoms with Gasteiger partial charge in [-0.15, -0.1) is 0 Å². The number of pyridine rings is 2. The van der Waals surface area contributed by atoms with E-state index in [9.17, 15) is 4.79 Å². The summed E-state index contributed by atoms with van der Waals surface area (Å²) in [6, 6.07) is 7.54. The lowest BCUT2D eigenvalue weighted by Crippen LogP contribution is -2.29. The molecule has 0 fully saturated rings. The number of carbonyl (C=O) groups excluding carboxylic acids is 1. The number of nitrogens with zero attached hydrogens (tertiary/aromatic N) is 6. The molecule has 184 valence electrons. The van der Waals surface area contributed by atoms with Crippen molar-refractivity contribution in [2.75, 3.05) is 49.8 Å². The van der Waals surface area contributed by atoms with Crippen LogP contribution < -0.4 is 15.5 Å². The van der Waals surface area contributed by atoms with Crippen LogP contribution >= 0.6 is 11.6 Å². The average molecular weight is 503 g/mol. The van der Waals surface area contributed by atoms with E-state index < -0.39 is 0 Å². The van der Waals surface area contributed by atoms with Crippen molar-refractivity contribution < 1.29 is 4.79 Å². The largest absolute Gasteiger partial charge is 0.372 e. The molecule has 0 aliphatic heterocycles. The molecular weight excluding hydrogens is 476 g/mol. The lowest BCUT2D eigenvalue weighted by Gasteiger charge is -2.24. The number of likely N-dealkylation sites (N-methyl/N-ethyl adjacent to an activating group) is 2. The van der Waals surface area contributed by atoms with Crippen LogP contribution in [0.1, 0.15) is 0 Å². The molecule has 3 heterocycles. The molecule has 0 saturated carbocycles. The Kier molecular flexibility index (Phi) is 7.72. The number of hydrogen-bond acceptors (Lipinski definition) is 8. The SMILES string of the molecule is C=CC(=O)Nc1cc(Nc2ncc3cncc(-c4cncc(Cl)c4)c3n2)ccc1N(C)CCN(C)C. The zero-order valence-corrected chi connectivity index (χ0v) is 21.1. The van der Waals surface area contributed by atoms with Crippen molar-refractivity contribution in [2.24, 2.45) is 0 Å². The van der Waals surface area contributed by atoms with Crippen LogP contribution in [0.4, 0.5) is 23.0 Å². The van der Waals surface area contributed by atoms with E-state index in [2.05, 4.69) is 42.0 Å². The Hall–Kier alpha value is -4.08. The summed E-state index contributed by atoms with van der Waals surface area (Å²) in [4.78, 5) is 34.0. The third-order valence-corrected chi connectivity index (χ3v) is 5.70. The fourth-order valence-corrected chi connectivity index (χ4v) is 3.79. The zero-order valence-electron chi connectivity index (χ0n) is 20.4. The average Bonchev–Trinajstić information content (AvgIpc) is 2.87. The molecule has 9 nitrogen and oxygen atoms in total. The van der Waals surface area contributed by atoms with E-state index in [1.165, 1.54) is 6.08 Å². The Morgan fingerprint density at radius 3 is 2.61 bits per heavy atom. The molecule has 0 unspecified atom stereocenters. The summed E-state index contributed by atoms with van der Waals surface area (Å²) in [5.41, 5.74) is 4.58. The van der Waals surface area contributed by atoms with Gasteiger partial charge in [-0.25, -0.2) is 9.97 Å². The molecule has 0 radical (unpaired) electrons. The molecular formula is C26H27ClN8O. The van der Waals surface area contributed by atoms with Crippen LogP contribution in [0.2, 0.25) is 5.02 Å². The maximum Gasteiger partial charge on any atom is 0.247 e. The number of benzene rings is 1. The van der Waals surface area contributed by atoms with Crippen molar-refractivity contribution in [3.63, 3.8) is 0 Å². The molecule has 0 saturated heterocycles. The summed E-state index contributed by atoms with van der Waals surface area (Å²) in [6.45, 7) is 5.22. The second kappa shape index (κ2) is 11.1. The van der Waals surface area contributed by atoms with Crippen molar-refractivity contribution in [1.29, 1.82) is 0 Å². The smallest absolute Gasteiger partial charge is 0.247 e. The maximum atomic E-state index is 12.1. The van der Waals surface area contributed by atoms with E-state index >= 15 is 0 Å². The molecule has 10 heteroatoms. The molecule has 0 aliphatic carbocycles. The Morgan fingerprint density at radius 1 is 1.06 bits per heavy atom. The van der Waals surface area contributed by atoms with E-state index in [0.29, 0.717) is 22.2 Å². The first-order valence-corrected chi connectivity index (χ1v) is 11.6. The van der Waals surface area contributed by atoms with Gasteiger partial charge in [0, 0.05) is 73.3 Å². The van der Waals surface area contributed by atoms with Gasteiger partial charge < -0.3 is 20.4 Å². The molecule has 4 aromatic rings. The van der Waals surface area contributed by atoms with Gasteiger partial charge in [-0.2, -0.15) is 0 Å². The number of rotatable bonds is 9. The molecule has 4 rings (SSSR count). The fourth-order valence-electron chi connectivity index (χ4n) is 3.62. The van der Waals surface area contributed by atoms with Gasteiger partial charge in [0.2, 0.25) is 11.9 Å². The Bertz CT molecular complexity index is 1410. The highest BCUT2D eigenvalue weighted by Crippen LogP contribution is 2.31. The maximum absolute atomic E-state index is 12.1. The van der Waals surface area contributed by atoms with Gasteiger partial charge in [-0.3, -0.25) is 14.8 Å². The highest BCUT2D eigenvalue weighted by Gasteiger charge is 2.13. The molecule has 0 spiro atoms. The standard InChI is InChI=1S/C26H27ClN8O/c1-5-24(36)32-22-11-20(6-7-23(22)35(4)9-8-34(2)3)31-26-30-14-18-13-29-16-21(25(18)33-26)17-10-19(27)15-28-12-17/h5-7,10-16H,1,8-9H2,2-4H3,(H,32,36)(H,30,31,33). The molecule has 3 aromatic heterocycles. The van der Waals surface area contributed by atoms with Crippen LogP contribution in [0.3, 0.4) is 0 Å². The molecule has 1 aromatic carbocycles. The second-order valence-corrected chi connectivity index (χ2v) is 8.92. The lowest BCUT2D eigenvalue weighted by atomic mass is 10.1. The van der Waals surface area contributed by atoms with Crippen molar-refractivity contribution >= 4 is 51.4 Å². The van der Waals surface area contributed by atoms with Crippen LogP contribution in [0, 0.1) is 0 Å².